The van der Waals surface area contributed by atoms with Gasteiger partial charge in [-0.1, -0.05) is 30.3 Å². The number of carbonyl (C=O) groups is 1. The van der Waals surface area contributed by atoms with Gasteiger partial charge in [-0.05, 0) is 24.8 Å². The monoisotopic (exact) mass is 265 g/mol. The molecule has 1 aromatic carbocycles. The summed E-state index contributed by atoms with van der Waals surface area (Å²) in [5, 5.41) is 12.6. The van der Waals surface area contributed by atoms with Crippen molar-refractivity contribution in [2.45, 2.75) is 12.5 Å². The van der Waals surface area contributed by atoms with Crippen LogP contribution in [-0.2, 0) is 4.79 Å². The largest absolute Gasteiger partial charge is 0.387 e. The van der Waals surface area contributed by atoms with Gasteiger partial charge in [-0.2, -0.15) is 11.8 Å². The van der Waals surface area contributed by atoms with Gasteiger partial charge in [0.15, 0.2) is 0 Å². The number of benzene rings is 1. The molecular formula is C14H19NO2S. The van der Waals surface area contributed by atoms with Gasteiger partial charge in [0.05, 0.1) is 5.60 Å². The summed E-state index contributed by atoms with van der Waals surface area (Å²) in [6.07, 6.45) is 5.15. The highest BCUT2D eigenvalue weighted by Gasteiger charge is 2.19. The third-order valence-electron chi connectivity index (χ3n) is 2.33. The zero-order valence-electron chi connectivity index (χ0n) is 10.7. The van der Waals surface area contributed by atoms with Crippen molar-refractivity contribution in [1.82, 2.24) is 5.32 Å². The molecule has 0 aromatic heterocycles. The first kappa shape index (κ1) is 14.8. The molecule has 0 aliphatic carbocycles. The molecule has 1 amide bonds. The maximum Gasteiger partial charge on any atom is 0.244 e. The Morgan fingerprint density at radius 1 is 1.44 bits per heavy atom. The number of hydrogen-bond donors (Lipinski definition) is 2. The van der Waals surface area contributed by atoms with E-state index in [0.29, 0.717) is 5.75 Å². The van der Waals surface area contributed by atoms with Crippen molar-refractivity contribution in [2.75, 3.05) is 18.6 Å². The van der Waals surface area contributed by atoms with Crippen molar-refractivity contribution in [3.63, 3.8) is 0 Å². The van der Waals surface area contributed by atoms with E-state index >= 15 is 0 Å². The van der Waals surface area contributed by atoms with E-state index in [0.717, 1.165) is 5.56 Å². The summed E-state index contributed by atoms with van der Waals surface area (Å²) in [7, 11) is 0. The molecule has 98 valence electrons. The van der Waals surface area contributed by atoms with E-state index in [-0.39, 0.29) is 12.5 Å². The fraction of sp³-hybridized carbons (Fsp3) is 0.357. The summed E-state index contributed by atoms with van der Waals surface area (Å²) in [5.74, 6) is 0.399. The Balaban J connectivity index is 2.41. The third kappa shape index (κ3) is 5.89. The lowest BCUT2D eigenvalue weighted by Crippen LogP contribution is -2.41. The van der Waals surface area contributed by atoms with E-state index in [1.807, 2.05) is 36.6 Å². The smallest absolute Gasteiger partial charge is 0.244 e. The molecular weight excluding hydrogens is 246 g/mol. The van der Waals surface area contributed by atoms with Gasteiger partial charge in [-0.3, -0.25) is 4.79 Å². The summed E-state index contributed by atoms with van der Waals surface area (Å²) in [6, 6.07) is 9.61. The van der Waals surface area contributed by atoms with Gasteiger partial charge in [0, 0.05) is 18.4 Å². The molecule has 0 saturated heterocycles. The standard InChI is InChI=1S/C14H19NO2S/c1-14(17,11-18-2)10-15-13(16)9-8-12-6-4-3-5-7-12/h3-9,17H,10-11H2,1-2H3,(H,15,16)/b9-8+. The van der Waals surface area contributed by atoms with Crippen molar-refractivity contribution in [3.05, 3.63) is 42.0 Å². The second-order valence-corrected chi connectivity index (χ2v) is 5.26. The molecule has 1 unspecified atom stereocenters. The summed E-state index contributed by atoms with van der Waals surface area (Å²) in [4.78, 5) is 11.6. The maximum absolute atomic E-state index is 11.6. The van der Waals surface area contributed by atoms with E-state index in [9.17, 15) is 9.90 Å². The Hall–Kier alpha value is -1.26. The van der Waals surface area contributed by atoms with E-state index in [4.69, 9.17) is 0 Å². The van der Waals surface area contributed by atoms with Gasteiger partial charge in [-0.15, -0.1) is 0 Å². The third-order valence-corrected chi connectivity index (χ3v) is 3.24. The Kier molecular flexibility index (Phi) is 5.95. The van der Waals surface area contributed by atoms with Crippen LogP contribution < -0.4 is 5.32 Å². The molecule has 0 fully saturated rings. The van der Waals surface area contributed by atoms with Gasteiger partial charge in [0.2, 0.25) is 5.91 Å². The first-order valence-corrected chi connectivity index (χ1v) is 7.15. The first-order chi connectivity index (χ1) is 8.53. The number of amides is 1. The highest BCUT2D eigenvalue weighted by molar-refractivity contribution is 7.98. The van der Waals surface area contributed by atoms with Gasteiger partial charge in [-0.25, -0.2) is 0 Å². The van der Waals surface area contributed by atoms with Crippen LogP contribution in [0.5, 0.6) is 0 Å². The lowest BCUT2D eigenvalue weighted by atomic mass is 10.1. The van der Waals surface area contributed by atoms with Crippen LogP contribution in [0.25, 0.3) is 6.08 Å². The molecule has 3 nitrogen and oxygen atoms in total. The van der Waals surface area contributed by atoms with E-state index < -0.39 is 5.60 Å². The van der Waals surface area contributed by atoms with Crippen LogP contribution in [0.3, 0.4) is 0 Å². The SMILES string of the molecule is CSCC(C)(O)CNC(=O)/C=C/c1ccccc1. The van der Waals surface area contributed by atoms with Crippen LogP contribution in [0.4, 0.5) is 0 Å². The minimum absolute atomic E-state index is 0.194. The molecule has 4 heteroatoms. The van der Waals surface area contributed by atoms with Crippen LogP contribution in [0, 0.1) is 0 Å². The van der Waals surface area contributed by atoms with Crippen molar-refractivity contribution in [3.8, 4) is 0 Å². The molecule has 18 heavy (non-hydrogen) atoms. The Morgan fingerprint density at radius 2 is 2.11 bits per heavy atom. The van der Waals surface area contributed by atoms with Gasteiger partial charge in [0.25, 0.3) is 0 Å². The zero-order chi connectivity index (χ0) is 13.4. The van der Waals surface area contributed by atoms with Gasteiger partial charge in [0.1, 0.15) is 0 Å². The molecule has 0 heterocycles. The average Bonchev–Trinajstić information content (AvgIpc) is 2.35. The van der Waals surface area contributed by atoms with Crippen LogP contribution in [-0.4, -0.2) is 35.2 Å². The number of rotatable bonds is 6. The molecule has 0 bridgehead atoms. The van der Waals surface area contributed by atoms with Gasteiger partial charge >= 0.3 is 0 Å². The van der Waals surface area contributed by atoms with Crippen molar-refractivity contribution < 1.29 is 9.90 Å². The maximum atomic E-state index is 11.6. The summed E-state index contributed by atoms with van der Waals surface area (Å²) >= 11 is 1.55. The van der Waals surface area contributed by atoms with Crippen molar-refractivity contribution in [1.29, 1.82) is 0 Å². The molecule has 0 saturated carbocycles. The normalized spacial score (nSPS) is 14.4. The van der Waals surface area contributed by atoms with Crippen LogP contribution in [0.15, 0.2) is 36.4 Å². The fourth-order valence-corrected chi connectivity index (χ4v) is 2.16. The lowest BCUT2D eigenvalue weighted by Gasteiger charge is -2.21. The molecule has 0 aliphatic rings. The Bertz CT molecular complexity index is 402. The Labute approximate surface area is 112 Å². The van der Waals surface area contributed by atoms with Crippen molar-refractivity contribution in [2.24, 2.45) is 0 Å². The predicted octanol–water partition coefficient (Wildman–Crippen LogP) is 1.93. The Morgan fingerprint density at radius 3 is 2.72 bits per heavy atom. The highest BCUT2D eigenvalue weighted by atomic mass is 32.2. The number of carbonyl (C=O) groups excluding carboxylic acids is 1. The summed E-state index contributed by atoms with van der Waals surface area (Å²) in [6.45, 7) is 1.97. The second-order valence-electron chi connectivity index (χ2n) is 4.39. The molecule has 2 N–H and O–H groups in total. The van der Waals surface area contributed by atoms with Crippen molar-refractivity contribution >= 4 is 23.7 Å². The minimum atomic E-state index is -0.865. The van der Waals surface area contributed by atoms with E-state index in [1.54, 1.807) is 24.8 Å². The lowest BCUT2D eigenvalue weighted by molar-refractivity contribution is -0.117. The average molecular weight is 265 g/mol. The molecule has 0 spiro atoms. The van der Waals surface area contributed by atoms with E-state index in [2.05, 4.69) is 5.32 Å². The highest BCUT2D eigenvalue weighted by Crippen LogP contribution is 2.09. The number of nitrogens with one attached hydrogen (secondary N) is 1. The molecule has 1 rings (SSSR count). The summed E-state index contributed by atoms with van der Waals surface area (Å²) in [5.41, 5.74) is 0.110. The van der Waals surface area contributed by atoms with Gasteiger partial charge < -0.3 is 10.4 Å². The molecule has 1 atom stereocenters. The van der Waals surface area contributed by atoms with Crippen LogP contribution in [0.1, 0.15) is 12.5 Å². The quantitative estimate of drug-likeness (QED) is 0.773. The predicted molar refractivity (Wildman–Crippen MR) is 77.5 cm³/mol. The second kappa shape index (κ2) is 7.24. The number of aliphatic hydroxyl groups is 1. The fourth-order valence-electron chi connectivity index (χ4n) is 1.43. The van der Waals surface area contributed by atoms with Crippen LogP contribution in [0.2, 0.25) is 0 Å². The summed E-state index contributed by atoms with van der Waals surface area (Å²) < 4.78 is 0. The molecule has 1 aromatic rings. The minimum Gasteiger partial charge on any atom is -0.387 e. The molecule has 0 aliphatic heterocycles. The van der Waals surface area contributed by atoms with E-state index in [1.165, 1.54) is 6.08 Å². The van der Waals surface area contributed by atoms with Crippen LogP contribution >= 0.6 is 11.8 Å². The topological polar surface area (TPSA) is 49.3 Å². The zero-order valence-corrected chi connectivity index (χ0v) is 11.5. The first-order valence-electron chi connectivity index (χ1n) is 5.76. The molecule has 0 radical (unpaired) electrons. The number of thioether (sulfide) groups is 1. The number of hydrogen-bond acceptors (Lipinski definition) is 3.